The van der Waals surface area contributed by atoms with Crippen molar-refractivity contribution >= 4 is 21.4 Å². The molecule has 2 aromatic carbocycles. The van der Waals surface area contributed by atoms with E-state index in [9.17, 15) is 23.6 Å². The van der Waals surface area contributed by atoms with Gasteiger partial charge in [0.1, 0.15) is 5.75 Å². The number of hydrogen-bond acceptors (Lipinski definition) is 6. The van der Waals surface area contributed by atoms with Crippen molar-refractivity contribution in [3.05, 3.63) is 58.1 Å². The molecule has 0 saturated carbocycles. The van der Waals surface area contributed by atoms with Crippen LogP contribution in [-0.2, 0) is 10.0 Å². The SMILES string of the molecule is Cc1ccc(S(=O)(=O)N2CCN(c3ccc(O)cc3)CC2)cc1[N+](=O)[O-]. The number of rotatable bonds is 4. The third-order valence-corrected chi connectivity index (χ3v) is 6.36. The minimum absolute atomic E-state index is 0.0621. The standard InChI is InChI=1S/C17H19N3O5S/c1-13-2-7-16(12-17(13)20(22)23)26(24,25)19-10-8-18(9-11-19)14-3-5-15(21)6-4-14/h2-7,12,21H,8-11H2,1H3. The molecule has 1 aliphatic heterocycles. The third-order valence-electron chi connectivity index (χ3n) is 4.47. The van der Waals surface area contributed by atoms with E-state index < -0.39 is 14.9 Å². The van der Waals surface area contributed by atoms with E-state index in [0.29, 0.717) is 18.7 Å². The first kappa shape index (κ1) is 18.2. The quantitative estimate of drug-likeness (QED) is 0.646. The lowest BCUT2D eigenvalue weighted by molar-refractivity contribution is -0.385. The molecule has 0 unspecified atom stereocenters. The number of nitrogens with zero attached hydrogens (tertiary/aromatic N) is 3. The van der Waals surface area contributed by atoms with Gasteiger partial charge in [-0.2, -0.15) is 4.31 Å². The molecule has 1 aliphatic rings. The molecule has 0 atom stereocenters. The molecule has 0 aliphatic carbocycles. The molecule has 1 N–H and O–H groups in total. The van der Waals surface area contributed by atoms with Crippen LogP contribution >= 0.6 is 0 Å². The monoisotopic (exact) mass is 377 g/mol. The number of nitro benzene ring substituents is 1. The maximum absolute atomic E-state index is 12.8. The molecule has 0 aromatic heterocycles. The fourth-order valence-electron chi connectivity index (χ4n) is 2.95. The third kappa shape index (κ3) is 3.49. The number of hydrogen-bond donors (Lipinski definition) is 1. The van der Waals surface area contributed by atoms with Gasteiger partial charge in [-0.3, -0.25) is 10.1 Å². The summed E-state index contributed by atoms with van der Waals surface area (Å²) in [7, 11) is -3.78. The van der Waals surface area contributed by atoms with E-state index >= 15 is 0 Å². The predicted octanol–water partition coefficient (Wildman–Crippen LogP) is 2.12. The first-order chi connectivity index (χ1) is 12.3. The van der Waals surface area contributed by atoms with Crippen molar-refractivity contribution in [2.45, 2.75) is 11.8 Å². The van der Waals surface area contributed by atoms with E-state index in [1.807, 2.05) is 4.90 Å². The van der Waals surface area contributed by atoms with E-state index in [2.05, 4.69) is 0 Å². The van der Waals surface area contributed by atoms with Gasteiger partial charge in [-0.1, -0.05) is 6.07 Å². The zero-order valence-electron chi connectivity index (χ0n) is 14.2. The number of phenolic OH excluding ortho intramolecular Hbond substituents is 1. The summed E-state index contributed by atoms with van der Waals surface area (Å²) in [5.41, 5.74) is 1.13. The van der Waals surface area contributed by atoms with Crippen LogP contribution < -0.4 is 4.90 Å². The second-order valence-corrected chi connectivity index (χ2v) is 8.05. The van der Waals surface area contributed by atoms with E-state index in [1.54, 1.807) is 31.2 Å². The van der Waals surface area contributed by atoms with Crippen molar-refractivity contribution in [2.75, 3.05) is 31.1 Å². The van der Waals surface area contributed by atoms with Crippen LogP contribution in [-0.4, -0.2) is 48.9 Å². The lowest BCUT2D eigenvalue weighted by Gasteiger charge is -2.35. The van der Waals surface area contributed by atoms with Crippen LogP contribution in [0.15, 0.2) is 47.4 Å². The molecule has 0 radical (unpaired) electrons. The Hall–Kier alpha value is -2.65. The largest absolute Gasteiger partial charge is 0.508 e. The topological polar surface area (TPSA) is 104 Å². The molecule has 1 heterocycles. The number of aromatic hydroxyl groups is 1. The second kappa shape index (κ2) is 6.93. The van der Waals surface area contributed by atoms with Gasteiger partial charge in [-0.05, 0) is 37.3 Å². The Morgan fingerprint density at radius 1 is 1.04 bits per heavy atom. The summed E-state index contributed by atoms with van der Waals surface area (Å²) in [6, 6.07) is 10.7. The molecule has 9 heteroatoms. The van der Waals surface area contributed by atoms with E-state index in [-0.39, 0.29) is 29.4 Å². The summed E-state index contributed by atoms with van der Waals surface area (Å²) in [6.45, 7) is 3.14. The fourth-order valence-corrected chi connectivity index (χ4v) is 4.39. The van der Waals surface area contributed by atoms with Gasteiger partial charge >= 0.3 is 0 Å². The van der Waals surface area contributed by atoms with E-state index in [0.717, 1.165) is 11.8 Å². The molecule has 1 saturated heterocycles. The highest BCUT2D eigenvalue weighted by molar-refractivity contribution is 7.89. The lowest BCUT2D eigenvalue weighted by Crippen LogP contribution is -2.48. The first-order valence-electron chi connectivity index (χ1n) is 8.08. The average molecular weight is 377 g/mol. The number of nitro groups is 1. The van der Waals surface area contributed by atoms with Crippen molar-refractivity contribution in [1.82, 2.24) is 4.31 Å². The molecular weight excluding hydrogens is 358 g/mol. The molecule has 26 heavy (non-hydrogen) atoms. The highest BCUT2D eigenvalue weighted by Gasteiger charge is 2.30. The average Bonchev–Trinajstić information content (AvgIpc) is 2.62. The number of anilines is 1. The van der Waals surface area contributed by atoms with Crippen LogP contribution in [0, 0.1) is 17.0 Å². The highest BCUT2D eigenvalue weighted by atomic mass is 32.2. The van der Waals surface area contributed by atoms with Crippen LogP contribution in [0.5, 0.6) is 5.75 Å². The Morgan fingerprint density at radius 2 is 1.65 bits per heavy atom. The Kier molecular flexibility index (Phi) is 4.84. The summed E-state index contributed by atoms with van der Waals surface area (Å²) >= 11 is 0. The highest BCUT2D eigenvalue weighted by Crippen LogP contribution is 2.26. The van der Waals surface area contributed by atoms with Crippen LogP contribution in [0.4, 0.5) is 11.4 Å². The number of benzene rings is 2. The zero-order chi connectivity index (χ0) is 18.9. The van der Waals surface area contributed by atoms with Gasteiger partial charge in [0.15, 0.2) is 0 Å². The minimum Gasteiger partial charge on any atom is -0.508 e. The zero-order valence-corrected chi connectivity index (χ0v) is 15.0. The van der Waals surface area contributed by atoms with Gasteiger partial charge in [0, 0.05) is 43.5 Å². The minimum atomic E-state index is -3.78. The van der Waals surface area contributed by atoms with E-state index in [4.69, 9.17) is 0 Å². The first-order valence-corrected chi connectivity index (χ1v) is 9.52. The number of phenols is 1. The van der Waals surface area contributed by atoms with Crippen LogP contribution in [0.2, 0.25) is 0 Å². The van der Waals surface area contributed by atoms with Crippen molar-refractivity contribution in [2.24, 2.45) is 0 Å². The van der Waals surface area contributed by atoms with Gasteiger partial charge < -0.3 is 10.0 Å². The maximum atomic E-state index is 12.8. The number of sulfonamides is 1. The normalized spacial score (nSPS) is 15.8. The molecule has 8 nitrogen and oxygen atoms in total. The van der Waals surface area contributed by atoms with Gasteiger partial charge in [0.05, 0.1) is 9.82 Å². The van der Waals surface area contributed by atoms with Gasteiger partial charge in [-0.15, -0.1) is 0 Å². The van der Waals surface area contributed by atoms with Crippen LogP contribution in [0.3, 0.4) is 0 Å². The van der Waals surface area contributed by atoms with Gasteiger partial charge in [0.25, 0.3) is 5.69 Å². The van der Waals surface area contributed by atoms with Gasteiger partial charge in [-0.25, -0.2) is 8.42 Å². The maximum Gasteiger partial charge on any atom is 0.273 e. The Balaban J connectivity index is 1.77. The molecule has 138 valence electrons. The summed E-state index contributed by atoms with van der Waals surface area (Å²) in [6.07, 6.45) is 0. The van der Waals surface area contributed by atoms with Crippen molar-refractivity contribution in [3.63, 3.8) is 0 Å². The predicted molar refractivity (Wildman–Crippen MR) is 96.9 cm³/mol. The molecule has 3 rings (SSSR count). The van der Waals surface area contributed by atoms with E-state index in [1.165, 1.54) is 16.4 Å². The Morgan fingerprint density at radius 3 is 2.23 bits per heavy atom. The summed E-state index contributed by atoms with van der Waals surface area (Å²) < 4.78 is 27.0. The van der Waals surface area contributed by atoms with Crippen LogP contribution in [0.1, 0.15) is 5.56 Å². The Labute approximate surface area is 151 Å². The van der Waals surface area contributed by atoms with Crippen molar-refractivity contribution in [1.29, 1.82) is 0 Å². The Bertz CT molecular complexity index is 920. The summed E-state index contributed by atoms with van der Waals surface area (Å²) in [4.78, 5) is 12.5. The molecular formula is C17H19N3O5S. The molecule has 0 spiro atoms. The number of piperazine rings is 1. The molecule has 2 aromatic rings. The number of aryl methyl sites for hydroxylation is 1. The van der Waals surface area contributed by atoms with Crippen LogP contribution in [0.25, 0.3) is 0 Å². The van der Waals surface area contributed by atoms with Crippen molar-refractivity contribution < 1.29 is 18.4 Å². The lowest BCUT2D eigenvalue weighted by atomic mass is 10.2. The summed E-state index contributed by atoms with van der Waals surface area (Å²) in [5.74, 6) is 0.177. The summed E-state index contributed by atoms with van der Waals surface area (Å²) in [5, 5.41) is 20.4. The van der Waals surface area contributed by atoms with Gasteiger partial charge in [0.2, 0.25) is 10.0 Å². The molecule has 0 bridgehead atoms. The molecule has 1 fully saturated rings. The van der Waals surface area contributed by atoms with Crippen molar-refractivity contribution in [3.8, 4) is 5.75 Å². The smallest absolute Gasteiger partial charge is 0.273 e. The molecule has 0 amide bonds. The fraction of sp³-hybridized carbons (Fsp3) is 0.294. The second-order valence-electron chi connectivity index (χ2n) is 6.11.